The van der Waals surface area contributed by atoms with Gasteiger partial charge < -0.3 is 9.40 Å². The molecule has 0 amide bonds. The summed E-state index contributed by atoms with van der Waals surface area (Å²) < 4.78 is 7.62. The molecule has 5 rings (SSSR count). The Morgan fingerprint density at radius 3 is 2.72 bits per heavy atom. The van der Waals surface area contributed by atoms with Crippen molar-refractivity contribution in [2.45, 2.75) is 37.7 Å². The van der Waals surface area contributed by atoms with Crippen LogP contribution < -0.4 is 5.56 Å². The van der Waals surface area contributed by atoms with Gasteiger partial charge in [-0.15, -0.1) is 21.5 Å². The Balaban J connectivity index is 1.51. The molecule has 0 aliphatic heterocycles. The minimum absolute atomic E-state index is 0.0960. The van der Waals surface area contributed by atoms with Crippen molar-refractivity contribution >= 4 is 33.3 Å². The van der Waals surface area contributed by atoms with Gasteiger partial charge in [0.2, 0.25) is 5.82 Å². The summed E-state index contributed by atoms with van der Waals surface area (Å²) in [6.45, 7) is 6.59. The molecule has 0 saturated heterocycles. The fourth-order valence-electron chi connectivity index (χ4n) is 3.55. The second-order valence-corrected chi connectivity index (χ2v) is 10.0. The van der Waals surface area contributed by atoms with E-state index in [1.807, 2.05) is 55.7 Å². The zero-order valence-corrected chi connectivity index (χ0v) is 19.5. The van der Waals surface area contributed by atoms with Crippen molar-refractivity contribution in [2.24, 2.45) is 0 Å². The van der Waals surface area contributed by atoms with E-state index < -0.39 is 0 Å². The smallest absolute Gasteiger partial charge is 0.259 e. The lowest BCUT2D eigenvalue weighted by atomic mass is 10.2. The molecule has 1 atom stereocenters. The zero-order chi connectivity index (χ0) is 22.2. The molecule has 0 unspecified atom stereocenters. The molecule has 9 heteroatoms. The molecule has 0 spiro atoms. The number of fused-ring (bicyclic) bond motifs is 1. The van der Waals surface area contributed by atoms with Crippen LogP contribution in [0, 0.1) is 13.8 Å². The number of benzene rings is 1. The van der Waals surface area contributed by atoms with Gasteiger partial charge in [-0.25, -0.2) is 4.98 Å². The van der Waals surface area contributed by atoms with E-state index in [0.717, 1.165) is 26.0 Å². The predicted molar refractivity (Wildman–Crippen MR) is 127 cm³/mol. The van der Waals surface area contributed by atoms with Crippen molar-refractivity contribution in [1.82, 2.24) is 24.7 Å². The van der Waals surface area contributed by atoms with Crippen LogP contribution in [-0.4, -0.2) is 24.7 Å². The number of thiophene rings is 1. The minimum Gasteiger partial charge on any atom is -0.461 e. The van der Waals surface area contributed by atoms with Crippen molar-refractivity contribution in [3.63, 3.8) is 0 Å². The van der Waals surface area contributed by atoms with Gasteiger partial charge in [-0.1, -0.05) is 42.1 Å². The highest BCUT2D eigenvalue weighted by Crippen LogP contribution is 2.35. The first-order valence-corrected chi connectivity index (χ1v) is 11.9. The Morgan fingerprint density at radius 2 is 1.97 bits per heavy atom. The second kappa shape index (κ2) is 8.40. The maximum atomic E-state index is 12.7. The number of furan rings is 1. The molecule has 32 heavy (non-hydrogen) atoms. The summed E-state index contributed by atoms with van der Waals surface area (Å²) in [6, 6.07) is 13.9. The maximum Gasteiger partial charge on any atom is 0.259 e. The van der Waals surface area contributed by atoms with E-state index in [2.05, 4.69) is 27.3 Å². The van der Waals surface area contributed by atoms with Crippen molar-refractivity contribution in [3.05, 3.63) is 80.9 Å². The highest BCUT2D eigenvalue weighted by molar-refractivity contribution is 7.99. The highest BCUT2D eigenvalue weighted by Gasteiger charge is 2.22. The molecule has 0 fully saturated rings. The van der Waals surface area contributed by atoms with Gasteiger partial charge in [0.05, 0.1) is 23.4 Å². The molecule has 0 saturated carbocycles. The van der Waals surface area contributed by atoms with Gasteiger partial charge >= 0.3 is 0 Å². The van der Waals surface area contributed by atoms with Crippen LogP contribution in [0.1, 0.15) is 34.0 Å². The fourth-order valence-corrected chi connectivity index (χ4v) is 5.49. The Labute approximate surface area is 192 Å². The largest absolute Gasteiger partial charge is 0.461 e. The molecule has 0 aliphatic rings. The third kappa shape index (κ3) is 3.78. The first kappa shape index (κ1) is 20.7. The van der Waals surface area contributed by atoms with Crippen LogP contribution in [0.3, 0.4) is 0 Å². The lowest BCUT2D eigenvalue weighted by Crippen LogP contribution is -2.13. The molecule has 1 aromatic carbocycles. The molecule has 1 N–H and O–H groups in total. The number of nitrogens with zero attached hydrogens (tertiary/aromatic N) is 4. The zero-order valence-electron chi connectivity index (χ0n) is 17.8. The third-order valence-electron chi connectivity index (χ3n) is 5.37. The molecule has 0 radical (unpaired) electrons. The minimum atomic E-state index is -0.127. The normalized spacial score (nSPS) is 12.5. The fraction of sp³-hybridized carbons (Fsp3) is 0.217. The molecular weight excluding hydrogens is 442 g/mol. The molecule has 4 heterocycles. The second-order valence-electron chi connectivity index (χ2n) is 7.53. The summed E-state index contributed by atoms with van der Waals surface area (Å²) in [5, 5.41) is 10.1. The number of aromatic amines is 1. The molecule has 7 nitrogen and oxygen atoms in total. The van der Waals surface area contributed by atoms with E-state index in [-0.39, 0.29) is 10.8 Å². The highest BCUT2D eigenvalue weighted by atomic mass is 32.2. The van der Waals surface area contributed by atoms with Gasteiger partial charge in [-0.2, -0.15) is 0 Å². The summed E-state index contributed by atoms with van der Waals surface area (Å²) in [6.07, 6.45) is 1.63. The lowest BCUT2D eigenvalue weighted by Gasteiger charge is -2.13. The molecule has 0 bridgehead atoms. The van der Waals surface area contributed by atoms with Gasteiger partial charge in [0.25, 0.3) is 5.56 Å². The van der Waals surface area contributed by atoms with E-state index in [1.54, 1.807) is 17.6 Å². The monoisotopic (exact) mass is 463 g/mol. The Kier molecular flexibility index (Phi) is 5.44. The van der Waals surface area contributed by atoms with E-state index in [1.165, 1.54) is 11.8 Å². The Hall–Kier alpha value is -3.17. The number of hydrogen-bond donors (Lipinski definition) is 1. The van der Waals surface area contributed by atoms with Crippen LogP contribution in [0.25, 0.3) is 21.8 Å². The molecule has 162 valence electrons. The summed E-state index contributed by atoms with van der Waals surface area (Å²) in [7, 11) is 0. The van der Waals surface area contributed by atoms with Gasteiger partial charge in [0.15, 0.2) is 10.9 Å². The summed E-state index contributed by atoms with van der Waals surface area (Å²) in [5.41, 5.74) is 2.03. The SMILES string of the molecule is Cc1sc2nc([C@@H](C)Sc3nnc(-c4ccco4)n3Cc3ccccc3)[nH]c(=O)c2c1C. The van der Waals surface area contributed by atoms with Crippen LogP contribution in [0.5, 0.6) is 0 Å². The van der Waals surface area contributed by atoms with Crippen molar-refractivity contribution in [1.29, 1.82) is 0 Å². The first-order chi connectivity index (χ1) is 15.5. The first-order valence-electron chi connectivity index (χ1n) is 10.2. The number of nitrogens with one attached hydrogen (secondary N) is 1. The van der Waals surface area contributed by atoms with Gasteiger partial charge in [0.1, 0.15) is 10.7 Å². The number of rotatable bonds is 6. The average Bonchev–Trinajstić information content (AvgIpc) is 3.50. The average molecular weight is 464 g/mol. The van der Waals surface area contributed by atoms with Crippen molar-refractivity contribution in [2.75, 3.05) is 0 Å². The van der Waals surface area contributed by atoms with E-state index in [4.69, 9.17) is 9.40 Å². The summed E-state index contributed by atoms with van der Waals surface area (Å²) in [4.78, 5) is 22.3. The summed E-state index contributed by atoms with van der Waals surface area (Å²) >= 11 is 3.06. The van der Waals surface area contributed by atoms with E-state index >= 15 is 0 Å². The van der Waals surface area contributed by atoms with Crippen LogP contribution >= 0.6 is 23.1 Å². The number of aryl methyl sites for hydroxylation is 2. The lowest BCUT2D eigenvalue weighted by molar-refractivity contribution is 0.569. The maximum absolute atomic E-state index is 12.7. The molecule has 5 aromatic rings. The topological polar surface area (TPSA) is 89.6 Å². The van der Waals surface area contributed by atoms with Crippen molar-refractivity contribution in [3.8, 4) is 11.6 Å². The van der Waals surface area contributed by atoms with Crippen LogP contribution in [-0.2, 0) is 6.54 Å². The molecule has 0 aliphatic carbocycles. The Bertz CT molecular complexity index is 1430. The van der Waals surface area contributed by atoms with Crippen LogP contribution in [0.2, 0.25) is 0 Å². The van der Waals surface area contributed by atoms with Gasteiger partial charge in [0, 0.05) is 4.88 Å². The van der Waals surface area contributed by atoms with Gasteiger partial charge in [-0.3, -0.25) is 9.36 Å². The predicted octanol–water partition coefficient (Wildman–Crippen LogP) is 5.35. The standard InChI is InChI=1S/C23H21N5O2S2/c1-13-14(2)31-22-18(13)21(29)24-19(25-22)15(3)32-23-27-26-20(17-10-7-11-30-17)28(23)12-16-8-5-4-6-9-16/h4-11,15H,12H2,1-3H3,(H,24,25,29)/t15-/m1/s1. The number of aromatic nitrogens is 5. The third-order valence-corrected chi connectivity index (χ3v) is 7.56. The quantitative estimate of drug-likeness (QED) is 0.341. The number of hydrogen-bond acceptors (Lipinski definition) is 7. The van der Waals surface area contributed by atoms with Crippen LogP contribution in [0.4, 0.5) is 0 Å². The van der Waals surface area contributed by atoms with E-state index in [9.17, 15) is 4.79 Å². The number of H-pyrrole nitrogens is 1. The molecule has 4 aromatic heterocycles. The molecular formula is C23H21N5O2S2. The van der Waals surface area contributed by atoms with Gasteiger partial charge in [-0.05, 0) is 44.0 Å². The van der Waals surface area contributed by atoms with Crippen LogP contribution in [0.15, 0.2) is 63.1 Å². The van der Waals surface area contributed by atoms with Crippen molar-refractivity contribution < 1.29 is 4.42 Å². The summed E-state index contributed by atoms with van der Waals surface area (Å²) in [5.74, 6) is 1.95. The Morgan fingerprint density at radius 1 is 1.16 bits per heavy atom. The van der Waals surface area contributed by atoms with E-state index in [0.29, 0.717) is 29.3 Å². The number of thioether (sulfide) groups is 1.